The Kier molecular flexibility index (Phi) is 3.82. The van der Waals surface area contributed by atoms with Gasteiger partial charge in [0.1, 0.15) is 0 Å². The summed E-state index contributed by atoms with van der Waals surface area (Å²) in [5, 5.41) is 13.6. The molecule has 0 fully saturated rings. The maximum atomic E-state index is 11.5. The van der Waals surface area contributed by atoms with Gasteiger partial charge in [0.15, 0.2) is 0 Å². The van der Waals surface area contributed by atoms with Crippen LogP contribution >= 0.6 is 0 Å². The van der Waals surface area contributed by atoms with Crippen molar-refractivity contribution in [3.05, 3.63) is 34.9 Å². The van der Waals surface area contributed by atoms with E-state index < -0.39 is 11.9 Å². The summed E-state index contributed by atoms with van der Waals surface area (Å²) in [6, 6.07) is 3.84. The molecule has 0 radical (unpaired) electrons. The normalized spacial score (nSPS) is 9.53. The lowest BCUT2D eigenvalue weighted by Crippen LogP contribution is -2.23. The summed E-state index contributed by atoms with van der Waals surface area (Å²) in [7, 11) is 2.84. The van der Waals surface area contributed by atoms with E-state index in [9.17, 15) is 14.4 Å². The van der Waals surface area contributed by atoms with Crippen LogP contribution in [0.3, 0.4) is 0 Å². The van der Waals surface area contributed by atoms with Crippen LogP contribution in [0.1, 0.15) is 31.1 Å². The van der Waals surface area contributed by atoms with E-state index in [-0.39, 0.29) is 22.6 Å². The van der Waals surface area contributed by atoms with E-state index in [0.717, 1.165) is 0 Å². The van der Waals surface area contributed by atoms with Gasteiger partial charge in [-0.15, -0.1) is 0 Å². The molecule has 0 saturated heterocycles. The Bertz CT molecular complexity index is 482. The first-order valence-corrected chi connectivity index (χ1v) is 4.82. The van der Waals surface area contributed by atoms with E-state index in [2.05, 4.69) is 10.6 Å². The lowest BCUT2D eigenvalue weighted by molar-refractivity contribution is 0.0690. The molecule has 90 valence electrons. The molecule has 0 aliphatic rings. The fourth-order valence-electron chi connectivity index (χ4n) is 1.34. The molecular weight excluding hydrogens is 224 g/mol. The number of hydrogen-bond acceptors (Lipinski definition) is 3. The number of nitrogens with one attached hydrogen (secondary N) is 2. The average Bonchev–Trinajstić information content (AvgIpc) is 2.35. The lowest BCUT2D eigenvalue weighted by atomic mass is 10.0. The van der Waals surface area contributed by atoms with Gasteiger partial charge in [-0.25, -0.2) is 4.79 Å². The number of carbonyl (C=O) groups excluding carboxylic acids is 2. The van der Waals surface area contributed by atoms with Gasteiger partial charge in [-0.05, 0) is 18.2 Å². The molecule has 3 N–H and O–H groups in total. The van der Waals surface area contributed by atoms with Crippen LogP contribution in [-0.4, -0.2) is 37.0 Å². The number of hydrogen-bond donors (Lipinski definition) is 3. The predicted octanol–water partition coefficient (Wildman–Crippen LogP) is 0.104. The molecule has 0 aromatic heterocycles. The summed E-state index contributed by atoms with van der Waals surface area (Å²) in [4.78, 5) is 33.8. The zero-order valence-corrected chi connectivity index (χ0v) is 9.40. The van der Waals surface area contributed by atoms with Gasteiger partial charge in [0.25, 0.3) is 11.8 Å². The van der Waals surface area contributed by atoms with Crippen molar-refractivity contribution in [2.24, 2.45) is 0 Å². The molecule has 1 aromatic rings. The topological polar surface area (TPSA) is 95.5 Å². The first-order valence-electron chi connectivity index (χ1n) is 4.82. The number of carboxylic acids is 1. The third-order valence-corrected chi connectivity index (χ3v) is 2.21. The Labute approximate surface area is 97.6 Å². The van der Waals surface area contributed by atoms with Gasteiger partial charge in [-0.1, -0.05) is 0 Å². The van der Waals surface area contributed by atoms with E-state index in [1.165, 1.54) is 32.3 Å². The molecule has 0 unspecified atom stereocenters. The summed E-state index contributed by atoms with van der Waals surface area (Å²) in [5.74, 6) is -2.15. The molecule has 17 heavy (non-hydrogen) atoms. The highest BCUT2D eigenvalue weighted by Crippen LogP contribution is 2.12. The fraction of sp³-hybridized carbons (Fsp3) is 0.182. The van der Waals surface area contributed by atoms with Crippen LogP contribution in [0, 0.1) is 0 Å². The smallest absolute Gasteiger partial charge is 0.336 e. The number of rotatable bonds is 3. The minimum absolute atomic E-state index is 0.0406. The summed E-state index contributed by atoms with van der Waals surface area (Å²) in [6.07, 6.45) is 0. The van der Waals surface area contributed by atoms with Gasteiger partial charge in [0.05, 0.1) is 11.1 Å². The SMILES string of the molecule is CNC(=O)c1ccc(C(=O)O)c(C(=O)NC)c1. The quantitative estimate of drug-likeness (QED) is 0.693. The van der Waals surface area contributed by atoms with Crippen LogP contribution < -0.4 is 10.6 Å². The highest BCUT2D eigenvalue weighted by Gasteiger charge is 2.17. The van der Waals surface area contributed by atoms with E-state index in [0.29, 0.717) is 0 Å². The molecule has 0 atom stereocenters. The van der Waals surface area contributed by atoms with Crippen LogP contribution in [0.4, 0.5) is 0 Å². The third kappa shape index (κ3) is 2.60. The third-order valence-electron chi connectivity index (χ3n) is 2.21. The molecule has 0 saturated carbocycles. The van der Waals surface area contributed by atoms with Crippen molar-refractivity contribution >= 4 is 17.8 Å². The highest BCUT2D eigenvalue weighted by molar-refractivity contribution is 6.07. The second-order valence-electron chi connectivity index (χ2n) is 3.22. The van der Waals surface area contributed by atoms with Crippen LogP contribution in [0.15, 0.2) is 18.2 Å². The van der Waals surface area contributed by atoms with E-state index in [1.54, 1.807) is 0 Å². The number of benzene rings is 1. The molecule has 0 spiro atoms. The number of amides is 2. The molecule has 1 rings (SSSR count). The maximum absolute atomic E-state index is 11.5. The van der Waals surface area contributed by atoms with Crippen LogP contribution in [0.2, 0.25) is 0 Å². The van der Waals surface area contributed by atoms with Gasteiger partial charge in [-0.2, -0.15) is 0 Å². The van der Waals surface area contributed by atoms with Crippen molar-refractivity contribution in [1.29, 1.82) is 0 Å². The monoisotopic (exact) mass is 236 g/mol. The molecule has 1 aromatic carbocycles. The van der Waals surface area contributed by atoms with Crippen molar-refractivity contribution in [3.63, 3.8) is 0 Å². The van der Waals surface area contributed by atoms with Crippen molar-refractivity contribution in [3.8, 4) is 0 Å². The van der Waals surface area contributed by atoms with E-state index in [4.69, 9.17) is 5.11 Å². The molecule has 0 aliphatic carbocycles. The van der Waals surface area contributed by atoms with Gasteiger partial charge < -0.3 is 15.7 Å². The minimum atomic E-state index is -1.22. The molecule has 6 nitrogen and oxygen atoms in total. The summed E-state index contributed by atoms with van der Waals surface area (Å²) >= 11 is 0. The molecule has 0 aliphatic heterocycles. The number of carboxylic acid groups (broad SMARTS) is 1. The van der Waals surface area contributed by atoms with Crippen molar-refractivity contribution in [2.75, 3.05) is 14.1 Å². The fourth-order valence-corrected chi connectivity index (χ4v) is 1.34. The Morgan fingerprint density at radius 1 is 1.00 bits per heavy atom. The molecular formula is C11H12N2O4. The second-order valence-corrected chi connectivity index (χ2v) is 3.22. The molecule has 6 heteroatoms. The molecule has 2 amide bonds. The largest absolute Gasteiger partial charge is 0.478 e. The van der Waals surface area contributed by atoms with Crippen LogP contribution in [-0.2, 0) is 0 Å². The van der Waals surface area contributed by atoms with E-state index >= 15 is 0 Å². The maximum Gasteiger partial charge on any atom is 0.336 e. The van der Waals surface area contributed by atoms with Gasteiger partial charge in [0, 0.05) is 19.7 Å². The van der Waals surface area contributed by atoms with Gasteiger partial charge in [-0.3, -0.25) is 9.59 Å². The Morgan fingerprint density at radius 3 is 2.06 bits per heavy atom. The Morgan fingerprint density at radius 2 is 1.59 bits per heavy atom. The van der Waals surface area contributed by atoms with Gasteiger partial charge >= 0.3 is 5.97 Å². The molecule has 0 heterocycles. The summed E-state index contributed by atoms with van der Waals surface area (Å²) in [6.45, 7) is 0. The Hall–Kier alpha value is -2.37. The van der Waals surface area contributed by atoms with Gasteiger partial charge in [0.2, 0.25) is 0 Å². The van der Waals surface area contributed by atoms with Crippen LogP contribution in [0.25, 0.3) is 0 Å². The first kappa shape index (κ1) is 12.7. The predicted molar refractivity (Wildman–Crippen MR) is 60.2 cm³/mol. The minimum Gasteiger partial charge on any atom is -0.478 e. The highest BCUT2D eigenvalue weighted by atomic mass is 16.4. The lowest BCUT2D eigenvalue weighted by Gasteiger charge is -2.07. The second kappa shape index (κ2) is 5.11. The van der Waals surface area contributed by atoms with Crippen molar-refractivity contribution < 1.29 is 19.5 Å². The van der Waals surface area contributed by atoms with E-state index in [1.807, 2.05) is 0 Å². The average molecular weight is 236 g/mol. The zero-order chi connectivity index (χ0) is 13.0. The summed E-state index contributed by atoms with van der Waals surface area (Å²) in [5.41, 5.74) is 0.0502. The number of aromatic carboxylic acids is 1. The summed E-state index contributed by atoms with van der Waals surface area (Å²) < 4.78 is 0. The first-order chi connectivity index (χ1) is 8.01. The number of carbonyl (C=O) groups is 3. The van der Waals surface area contributed by atoms with Crippen molar-refractivity contribution in [1.82, 2.24) is 10.6 Å². The Balaban J connectivity index is 3.34. The zero-order valence-electron chi connectivity index (χ0n) is 9.40. The van der Waals surface area contributed by atoms with Crippen molar-refractivity contribution in [2.45, 2.75) is 0 Å². The van der Waals surface area contributed by atoms with Crippen LogP contribution in [0.5, 0.6) is 0 Å². The standard InChI is InChI=1S/C11H12N2O4/c1-12-9(14)6-3-4-7(11(16)17)8(5-6)10(15)13-2/h3-5H,1-2H3,(H,12,14)(H,13,15)(H,16,17). The molecule has 0 bridgehead atoms.